The molecule has 168 valence electrons. The quantitative estimate of drug-likeness (QED) is 0.411. The summed E-state index contributed by atoms with van der Waals surface area (Å²) in [6.07, 6.45) is 3.66. The number of ether oxygens (including phenoxy) is 1. The Morgan fingerprint density at radius 3 is 2.59 bits per heavy atom. The predicted molar refractivity (Wildman–Crippen MR) is 137 cm³/mol. The zero-order valence-electron chi connectivity index (χ0n) is 18.5. The molecule has 6 rings (SSSR count). The van der Waals surface area contributed by atoms with Crippen molar-refractivity contribution in [3.8, 4) is 5.75 Å². The third-order valence-corrected chi connectivity index (χ3v) is 7.82. The molecule has 2 heterocycles. The first-order valence-corrected chi connectivity index (χ1v) is 12.3. The molecule has 3 aromatic carbocycles. The normalized spacial score (nSPS) is 17.0. The summed E-state index contributed by atoms with van der Waals surface area (Å²) in [5.74, 6) is 0.790. The number of hydrogen-bond acceptors (Lipinski definition) is 4. The Bertz CT molecular complexity index is 1630. The highest BCUT2D eigenvalue weighted by atomic mass is 35.5. The van der Waals surface area contributed by atoms with E-state index in [9.17, 15) is 4.79 Å². The van der Waals surface area contributed by atoms with E-state index in [2.05, 4.69) is 24.3 Å². The van der Waals surface area contributed by atoms with Crippen LogP contribution in [-0.4, -0.2) is 11.7 Å². The van der Waals surface area contributed by atoms with Gasteiger partial charge in [0.05, 0.1) is 23.4 Å². The molecule has 0 saturated heterocycles. The molecule has 0 bridgehead atoms. The summed E-state index contributed by atoms with van der Waals surface area (Å²) in [7, 11) is 1.66. The molecule has 0 spiro atoms. The van der Waals surface area contributed by atoms with E-state index >= 15 is 0 Å². The summed E-state index contributed by atoms with van der Waals surface area (Å²) < 4.78 is 7.84. The lowest BCUT2D eigenvalue weighted by Crippen LogP contribution is -2.38. The highest BCUT2D eigenvalue weighted by molar-refractivity contribution is 7.07. The van der Waals surface area contributed by atoms with Crippen LogP contribution in [0.3, 0.4) is 0 Å². The molecule has 0 radical (unpaired) electrons. The summed E-state index contributed by atoms with van der Waals surface area (Å²) in [6, 6.07) is 23.8. The molecule has 1 atom stereocenters. The Morgan fingerprint density at radius 1 is 1.03 bits per heavy atom. The van der Waals surface area contributed by atoms with Crippen LogP contribution >= 0.6 is 22.9 Å². The molecule has 1 aliphatic heterocycles. The summed E-state index contributed by atoms with van der Waals surface area (Å²) in [6.45, 7) is 0. The van der Waals surface area contributed by atoms with Crippen molar-refractivity contribution in [3.63, 3.8) is 0 Å². The van der Waals surface area contributed by atoms with E-state index in [1.807, 2.05) is 59.2 Å². The fourth-order valence-corrected chi connectivity index (χ4v) is 6.02. The van der Waals surface area contributed by atoms with Gasteiger partial charge in [-0.25, -0.2) is 4.99 Å². The van der Waals surface area contributed by atoms with Crippen LogP contribution < -0.4 is 19.6 Å². The number of thiazole rings is 1. The molecule has 1 unspecified atom stereocenters. The van der Waals surface area contributed by atoms with Gasteiger partial charge in [-0.2, -0.15) is 0 Å². The van der Waals surface area contributed by atoms with Gasteiger partial charge in [0.1, 0.15) is 5.75 Å². The number of hydrogen-bond donors (Lipinski definition) is 0. The van der Waals surface area contributed by atoms with Crippen LogP contribution in [0, 0.1) is 0 Å². The Balaban J connectivity index is 1.62. The highest BCUT2D eigenvalue weighted by Gasteiger charge is 2.32. The molecule has 0 N–H and O–H groups in total. The zero-order valence-corrected chi connectivity index (χ0v) is 20.1. The third kappa shape index (κ3) is 3.44. The topological polar surface area (TPSA) is 43.6 Å². The molecule has 0 saturated carbocycles. The molecule has 1 aliphatic carbocycles. The number of rotatable bonds is 3. The largest absolute Gasteiger partial charge is 0.497 e. The first-order valence-electron chi connectivity index (χ1n) is 11.2. The first-order chi connectivity index (χ1) is 16.6. The second-order valence-electron chi connectivity index (χ2n) is 8.41. The fraction of sp³-hybridized carbons (Fsp3) is 0.143. The molecule has 4 nitrogen and oxygen atoms in total. The molecule has 34 heavy (non-hydrogen) atoms. The van der Waals surface area contributed by atoms with E-state index in [4.69, 9.17) is 21.3 Å². The van der Waals surface area contributed by atoms with Crippen LogP contribution in [-0.2, 0) is 6.42 Å². The summed E-state index contributed by atoms with van der Waals surface area (Å²) in [5.41, 5.74) is 6.46. The van der Waals surface area contributed by atoms with Crippen LogP contribution in [0.1, 0.15) is 34.7 Å². The number of nitrogens with zero attached hydrogens (tertiary/aromatic N) is 2. The van der Waals surface area contributed by atoms with E-state index in [-0.39, 0.29) is 11.6 Å². The van der Waals surface area contributed by atoms with E-state index in [1.165, 1.54) is 22.5 Å². The van der Waals surface area contributed by atoms with Gasteiger partial charge in [-0.05, 0) is 59.4 Å². The molecule has 0 amide bonds. The maximum absolute atomic E-state index is 13.7. The van der Waals surface area contributed by atoms with Crippen molar-refractivity contribution in [3.05, 3.63) is 125 Å². The Kier molecular flexibility index (Phi) is 5.24. The van der Waals surface area contributed by atoms with Gasteiger partial charge < -0.3 is 4.74 Å². The predicted octanol–water partition coefficient (Wildman–Crippen LogP) is 4.98. The van der Waals surface area contributed by atoms with Crippen LogP contribution in [0.4, 0.5) is 0 Å². The standard InChI is InChI=1S/C28H21ClN2O2S/c1-33-20-13-10-18(11-14-20)26-22-15-12-17-6-2-4-8-21(17)25(22)30-28-31(26)27(32)24(34-28)16-19-7-3-5-9-23(19)29/h2-11,13-14,16,26H,12,15H2,1H3/b24-16+. The van der Waals surface area contributed by atoms with Gasteiger partial charge in [-0.1, -0.05) is 77.5 Å². The van der Waals surface area contributed by atoms with Crippen LogP contribution in [0.5, 0.6) is 5.75 Å². The van der Waals surface area contributed by atoms with Crippen molar-refractivity contribution in [2.75, 3.05) is 7.11 Å². The maximum atomic E-state index is 13.7. The van der Waals surface area contributed by atoms with Crippen molar-refractivity contribution < 1.29 is 4.74 Å². The number of benzene rings is 3. The second-order valence-corrected chi connectivity index (χ2v) is 9.82. The fourth-order valence-electron chi connectivity index (χ4n) is 4.84. The van der Waals surface area contributed by atoms with Crippen molar-refractivity contribution in [1.29, 1.82) is 0 Å². The number of aromatic nitrogens is 1. The molecule has 2 aliphatic rings. The van der Waals surface area contributed by atoms with Gasteiger partial charge in [0, 0.05) is 10.6 Å². The molecule has 6 heteroatoms. The van der Waals surface area contributed by atoms with Crippen molar-refractivity contribution in [2.24, 2.45) is 4.99 Å². The third-order valence-electron chi connectivity index (χ3n) is 6.50. The van der Waals surface area contributed by atoms with Crippen molar-refractivity contribution in [1.82, 2.24) is 4.57 Å². The smallest absolute Gasteiger partial charge is 0.271 e. The van der Waals surface area contributed by atoms with Crippen molar-refractivity contribution in [2.45, 2.75) is 18.9 Å². The lowest BCUT2D eigenvalue weighted by Gasteiger charge is -2.30. The minimum Gasteiger partial charge on any atom is -0.497 e. The molecular weight excluding hydrogens is 464 g/mol. The summed E-state index contributed by atoms with van der Waals surface area (Å²) in [5, 5.41) is 0.619. The van der Waals surface area contributed by atoms with Gasteiger partial charge >= 0.3 is 0 Å². The molecule has 4 aromatic rings. The first kappa shape index (κ1) is 21.1. The van der Waals surface area contributed by atoms with Crippen LogP contribution in [0.15, 0.2) is 88.2 Å². The van der Waals surface area contributed by atoms with E-state index in [0.29, 0.717) is 14.4 Å². The number of methoxy groups -OCH3 is 1. The minimum atomic E-state index is -0.209. The Morgan fingerprint density at radius 2 is 1.79 bits per heavy atom. The van der Waals surface area contributed by atoms with E-state index in [0.717, 1.165) is 41.0 Å². The lowest BCUT2D eigenvalue weighted by atomic mass is 9.83. The number of halogens is 1. The van der Waals surface area contributed by atoms with Crippen LogP contribution in [0.2, 0.25) is 5.02 Å². The van der Waals surface area contributed by atoms with Crippen molar-refractivity contribution >= 4 is 34.7 Å². The lowest BCUT2D eigenvalue weighted by molar-refractivity contribution is 0.414. The van der Waals surface area contributed by atoms with Gasteiger partial charge in [0.2, 0.25) is 0 Å². The van der Waals surface area contributed by atoms with E-state index < -0.39 is 0 Å². The number of fused-ring (bicyclic) bond motifs is 3. The van der Waals surface area contributed by atoms with Crippen LogP contribution in [0.25, 0.3) is 11.8 Å². The Labute approximate surface area is 205 Å². The maximum Gasteiger partial charge on any atom is 0.271 e. The molecular formula is C28H21ClN2O2S. The average Bonchev–Trinajstić information content (AvgIpc) is 3.18. The zero-order chi connectivity index (χ0) is 23.2. The van der Waals surface area contributed by atoms with Gasteiger partial charge in [0.15, 0.2) is 4.80 Å². The minimum absolute atomic E-state index is 0.0464. The summed E-state index contributed by atoms with van der Waals surface area (Å²) in [4.78, 5) is 19.5. The summed E-state index contributed by atoms with van der Waals surface area (Å²) >= 11 is 7.80. The molecule has 0 fully saturated rings. The number of allylic oxidation sites excluding steroid dienone is 1. The highest BCUT2D eigenvalue weighted by Crippen LogP contribution is 2.41. The molecule has 1 aromatic heterocycles. The second kappa shape index (κ2) is 8.42. The van der Waals surface area contributed by atoms with Gasteiger partial charge in [-0.15, -0.1) is 0 Å². The average molecular weight is 485 g/mol. The monoisotopic (exact) mass is 484 g/mol. The van der Waals surface area contributed by atoms with E-state index in [1.54, 1.807) is 7.11 Å². The number of aryl methyl sites for hydroxylation is 1. The Hall–Kier alpha value is -3.41. The SMILES string of the molecule is COc1ccc(C2C3=C(N=c4s/c(=C/c5ccccc5Cl)c(=O)n42)c2ccccc2CC3)cc1. The van der Waals surface area contributed by atoms with Gasteiger partial charge in [0.25, 0.3) is 5.56 Å². The van der Waals surface area contributed by atoms with Gasteiger partial charge in [-0.3, -0.25) is 9.36 Å².